The van der Waals surface area contributed by atoms with Gasteiger partial charge in [-0.1, -0.05) is 11.3 Å². The highest BCUT2D eigenvalue weighted by atomic mass is 16.7. The van der Waals surface area contributed by atoms with E-state index in [0.29, 0.717) is 13.0 Å². The minimum atomic E-state index is -0.755. The van der Waals surface area contributed by atoms with Gasteiger partial charge < -0.3 is 19.3 Å². The monoisotopic (exact) mass is 309 g/mol. The largest absolute Gasteiger partial charge is 0.388 e. The van der Waals surface area contributed by atoms with Crippen LogP contribution >= 0.6 is 0 Å². The molecule has 2 saturated heterocycles. The van der Waals surface area contributed by atoms with Gasteiger partial charge in [-0.05, 0) is 27.2 Å². The van der Waals surface area contributed by atoms with Crippen molar-refractivity contribution in [2.45, 2.75) is 63.4 Å². The summed E-state index contributed by atoms with van der Waals surface area (Å²) >= 11 is 0. The number of nitrogens with zero attached hydrogens (tertiary/aromatic N) is 3. The van der Waals surface area contributed by atoms with Gasteiger partial charge in [0.05, 0.1) is 18.4 Å². The first-order chi connectivity index (χ1) is 10.4. The van der Waals surface area contributed by atoms with Gasteiger partial charge in [0, 0.05) is 6.20 Å². The van der Waals surface area contributed by atoms with Crippen LogP contribution in [0.5, 0.6) is 0 Å². The van der Waals surface area contributed by atoms with E-state index in [0.717, 1.165) is 5.69 Å². The van der Waals surface area contributed by atoms with Crippen molar-refractivity contribution in [3.8, 4) is 0 Å². The molecule has 2 aliphatic rings. The van der Waals surface area contributed by atoms with Gasteiger partial charge >= 0.3 is 0 Å². The number of aliphatic hydroxyl groups is 1. The molecule has 22 heavy (non-hydrogen) atoms. The van der Waals surface area contributed by atoms with E-state index in [1.807, 2.05) is 27.0 Å². The first kappa shape index (κ1) is 15.6. The smallest absolute Gasteiger partial charge is 0.163 e. The molecule has 3 rings (SSSR count). The molecule has 5 atom stereocenters. The maximum atomic E-state index is 10.7. The summed E-state index contributed by atoms with van der Waals surface area (Å²) in [4.78, 5) is 0. The molecule has 0 aliphatic carbocycles. The lowest BCUT2D eigenvalue weighted by Crippen LogP contribution is -2.62. The lowest BCUT2D eigenvalue weighted by Gasteiger charge is -2.50. The number of ether oxygens (including phenoxy) is 3. The van der Waals surface area contributed by atoms with Crippen LogP contribution in [0.2, 0.25) is 0 Å². The molecule has 0 radical (unpaired) electrons. The molecule has 0 bridgehead atoms. The SMILES string of the molecule is C=CC[C@H]1O[C@@H]2COC(C)(C)O[C@@H]2[C@H](n2cc(C)nn2)[C@H]1O. The summed E-state index contributed by atoms with van der Waals surface area (Å²) in [7, 11) is 0. The first-order valence-corrected chi connectivity index (χ1v) is 7.56. The van der Waals surface area contributed by atoms with Crippen LogP contribution in [0.15, 0.2) is 18.9 Å². The van der Waals surface area contributed by atoms with Gasteiger partial charge in [0.2, 0.25) is 0 Å². The Balaban J connectivity index is 1.94. The fourth-order valence-electron chi connectivity index (χ4n) is 3.12. The van der Waals surface area contributed by atoms with Crippen molar-refractivity contribution in [1.29, 1.82) is 0 Å². The van der Waals surface area contributed by atoms with E-state index in [2.05, 4.69) is 16.9 Å². The van der Waals surface area contributed by atoms with E-state index in [1.54, 1.807) is 10.8 Å². The molecular formula is C15H23N3O4. The summed E-state index contributed by atoms with van der Waals surface area (Å²) in [6, 6.07) is -0.368. The Kier molecular flexibility index (Phi) is 4.07. The van der Waals surface area contributed by atoms with Crippen molar-refractivity contribution in [2.75, 3.05) is 6.61 Å². The maximum absolute atomic E-state index is 10.7. The Morgan fingerprint density at radius 3 is 2.95 bits per heavy atom. The fourth-order valence-corrected chi connectivity index (χ4v) is 3.12. The Bertz CT molecular complexity index is 545. The predicted molar refractivity (Wildman–Crippen MR) is 78.2 cm³/mol. The molecule has 0 saturated carbocycles. The molecule has 0 amide bonds. The summed E-state index contributed by atoms with van der Waals surface area (Å²) < 4.78 is 19.4. The van der Waals surface area contributed by atoms with E-state index >= 15 is 0 Å². The lowest BCUT2D eigenvalue weighted by atomic mass is 9.90. The van der Waals surface area contributed by atoms with Gasteiger partial charge in [0.1, 0.15) is 24.4 Å². The number of aromatic nitrogens is 3. The number of hydrogen-bond acceptors (Lipinski definition) is 6. The minimum absolute atomic E-state index is 0.254. The van der Waals surface area contributed by atoms with Crippen LogP contribution < -0.4 is 0 Å². The van der Waals surface area contributed by atoms with E-state index in [1.165, 1.54) is 0 Å². The van der Waals surface area contributed by atoms with Crippen LogP contribution in [0.4, 0.5) is 0 Å². The third kappa shape index (κ3) is 2.81. The second-order valence-corrected chi connectivity index (χ2v) is 6.35. The van der Waals surface area contributed by atoms with Crippen LogP contribution in [0.3, 0.4) is 0 Å². The molecule has 7 heteroatoms. The molecule has 3 heterocycles. The number of aliphatic hydroxyl groups excluding tert-OH is 1. The number of hydrogen-bond donors (Lipinski definition) is 1. The standard InChI is InChI=1S/C15H23N3O4/c1-5-6-10-13(19)12(18-7-9(2)16-17-18)14-11(21-10)8-20-15(3,4)22-14/h5,7,10-14,19H,1,6,8H2,2-4H3/t10-,11-,12-,13+,14+/m1/s1. The highest BCUT2D eigenvalue weighted by molar-refractivity contribution is 5.01. The van der Waals surface area contributed by atoms with E-state index in [-0.39, 0.29) is 24.4 Å². The lowest BCUT2D eigenvalue weighted by molar-refractivity contribution is -0.348. The zero-order valence-corrected chi connectivity index (χ0v) is 13.2. The number of fused-ring (bicyclic) bond motifs is 1. The van der Waals surface area contributed by atoms with Crippen molar-refractivity contribution in [3.63, 3.8) is 0 Å². The molecule has 0 aromatic carbocycles. The van der Waals surface area contributed by atoms with Gasteiger partial charge in [-0.2, -0.15) is 0 Å². The third-order valence-electron chi connectivity index (χ3n) is 4.13. The Morgan fingerprint density at radius 2 is 2.32 bits per heavy atom. The zero-order valence-electron chi connectivity index (χ0n) is 13.2. The zero-order chi connectivity index (χ0) is 15.9. The van der Waals surface area contributed by atoms with Crippen molar-refractivity contribution in [3.05, 3.63) is 24.5 Å². The van der Waals surface area contributed by atoms with Crippen LogP contribution in [0.25, 0.3) is 0 Å². The van der Waals surface area contributed by atoms with Gasteiger partial charge in [-0.3, -0.25) is 0 Å². The maximum Gasteiger partial charge on any atom is 0.163 e. The Labute approximate surface area is 129 Å². The summed E-state index contributed by atoms with van der Waals surface area (Å²) in [5.41, 5.74) is 0.793. The average Bonchev–Trinajstić information content (AvgIpc) is 2.86. The van der Waals surface area contributed by atoms with E-state index in [4.69, 9.17) is 14.2 Å². The molecule has 1 aromatic heterocycles. The second kappa shape index (κ2) is 5.73. The summed E-state index contributed by atoms with van der Waals surface area (Å²) in [5, 5.41) is 18.9. The topological polar surface area (TPSA) is 78.6 Å². The van der Waals surface area contributed by atoms with Gasteiger partial charge in [0.15, 0.2) is 5.79 Å². The molecule has 1 aromatic rings. The summed E-state index contributed by atoms with van der Waals surface area (Å²) in [6.45, 7) is 9.72. The van der Waals surface area contributed by atoms with Crippen molar-refractivity contribution in [2.24, 2.45) is 0 Å². The minimum Gasteiger partial charge on any atom is -0.388 e. The number of rotatable bonds is 3. The van der Waals surface area contributed by atoms with Gasteiger partial charge in [-0.15, -0.1) is 11.7 Å². The van der Waals surface area contributed by atoms with E-state index < -0.39 is 11.9 Å². The molecule has 2 fully saturated rings. The second-order valence-electron chi connectivity index (χ2n) is 6.35. The predicted octanol–water partition coefficient (Wildman–Crippen LogP) is 0.984. The van der Waals surface area contributed by atoms with Crippen molar-refractivity contribution >= 4 is 0 Å². The first-order valence-electron chi connectivity index (χ1n) is 7.56. The summed E-state index contributed by atoms with van der Waals surface area (Å²) in [5.74, 6) is -0.719. The molecule has 2 aliphatic heterocycles. The van der Waals surface area contributed by atoms with E-state index in [9.17, 15) is 5.11 Å². The average molecular weight is 309 g/mol. The summed E-state index contributed by atoms with van der Waals surface area (Å²) in [6.07, 6.45) is 2.39. The van der Waals surface area contributed by atoms with Crippen LogP contribution in [0, 0.1) is 6.92 Å². The third-order valence-corrected chi connectivity index (χ3v) is 4.13. The Morgan fingerprint density at radius 1 is 1.55 bits per heavy atom. The Hall–Kier alpha value is -1.28. The molecule has 0 spiro atoms. The van der Waals surface area contributed by atoms with Crippen LogP contribution in [-0.4, -0.2) is 56.9 Å². The highest BCUT2D eigenvalue weighted by Crippen LogP contribution is 2.38. The quantitative estimate of drug-likeness (QED) is 0.839. The fraction of sp³-hybridized carbons (Fsp3) is 0.733. The van der Waals surface area contributed by atoms with Gasteiger partial charge in [-0.25, -0.2) is 4.68 Å². The normalized spacial score (nSPS) is 37.5. The van der Waals surface area contributed by atoms with Gasteiger partial charge in [0.25, 0.3) is 0 Å². The van der Waals surface area contributed by atoms with Crippen LogP contribution in [0.1, 0.15) is 32.0 Å². The van der Waals surface area contributed by atoms with Crippen LogP contribution in [-0.2, 0) is 14.2 Å². The molecule has 1 N–H and O–H groups in total. The molecule has 7 nitrogen and oxygen atoms in total. The van der Waals surface area contributed by atoms with Crippen molar-refractivity contribution in [1.82, 2.24) is 15.0 Å². The molecule has 122 valence electrons. The van der Waals surface area contributed by atoms with Crippen molar-refractivity contribution < 1.29 is 19.3 Å². The molecular weight excluding hydrogens is 286 g/mol. The number of aryl methyl sites for hydroxylation is 1. The molecule has 0 unspecified atom stereocenters. The highest BCUT2D eigenvalue weighted by Gasteiger charge is 2.51.